The van der Waals surface area contributed by atoms with Crippen molar-refractivity contribution in [2.75, 3.05) is 19.2 Å². The highest BCUT2D eigenvalue weighted by atomic mass is 32.2. The van der Waals surface area contributed by atoms with E-state index < -0.39 is 0 Å². The molecule has 1 fully saturated rings. The maximum atomic E-state index is 8.14. The molecular formula is C5H7NO2S. The van der Waals surface area contributed by atoms with Crippen LogP contribution in [0.1, 0.15) is 0 Å². The third kappa shape index (κ3) is 2.22. The van der Waals surface area contributed by atoms with Crippen LogP contribution in [0.4, 0.5) is 0 Å². The van der Waals surface area contributed by atoms with Gasteiger partial charge in [-0.05, 0) is 11.8 Å². The second-order valence-corrected chi connectivity index (χ2v) is 2.48. The first kappa shape index (κ1) is 6.87. The molecule has 0 aliphatic carbocycles. The summed E-state index contributed by atoms with van der Waals surface area (Å²) in [6.07, 6.45) is 0.134. The van der Waals surface area contributed by atoms with Crippen molar-refractivity contribution >= 4 is 11.8 Å². The van der Waals surface area contributed by atoms with Crippen molar-refractivity contribution in [3.63, 3.8) is 0 Å². The van der Waals surface area contributed by atoms with Crippen LogP contribution in [0.25, 0.3) is 0 Å². The quantitative estimate of drug-likeness (QED) is 0.533. The number of hydrogen-bond acceptors (Lipinski definition) is 4. The van der Waals surface area contributed by atoms with E-state index in [0.717, 1.165) is 5.75 Å². The molecule has 0 spiro atoms. The van der Waals surface area contributed by atoms with Crippen LogP contribution in [0.3, 0.4) is 0 Å². The van der Waals surface area contributed by atoms with Crippen molar-refractivity contribution in [3.05, 3.63) is 0 Å². The van der Waals surface area contributed by atoms with Gasteiger partial charge in [-0.2, -0.15) is 5.26 Å². The molecule has 4 heteroatoms. The SMILES string of the molecule is N#CSCC1COCO1. The number of thiocyanates is 1. The lowest BCUT2D eigenvalue weighted by molar-refractivity contribution is 0.0525. The Bertz CT molecular complexity index is 117. The second-order valence-electron chi connectivity index (χ2n) is 1.68. The van der Waals surface area contributed by atoms with Crippen molar-refractivity contribution in [2.24, 2.45) is 0 Å². The smallest absolute Gasteiger partial charge is 0.147 e. The van der Waals surface area contributed by atoms with E-state index >= 15 is 0 Å². The van der Waals surface area contributed by atoms with Crippen molar-refractivity contribution in [2.45, 2.75) is 6.10 Å². The molecule has 0 bridgehead atoms. The van der Waals surface area contributed by atoms with Crippen molar-refractivity contribution in [1.82, 2.24) is 0 Å². The molecule has 1 unspecified atom stereocenters. The molecule has 0 aromatic heterocycles. The average Bonchev–Trinajstić information content (AvgIpc) is 2.34. The minimum atomic E-state index is 0.134. The molecule has 0 N–H and O–H groups in total. The summed E-state index contributed by atoms with van der Waals surface area (Å²) in [7, 11) is 0. The molecule has 1 rings (SSSR count). The highest BCUT2D eigenvalue weighted by Crippen LogP contribution is 2.08. The van der Waals surface area contributed by atoms with Gasteiger partial charge in [0.25, 0.3) is 0 Å². The third-order valence-corrected chi connectivity index (χ3v) is 1.69. The van der Waals surface area contributed by atoms with E-state index in [1.165, 1.54) is 11.8 Å². The number of nitrogens with zero attached hydrogens (tertiary/aromatic N) is 1. The molecule has 9 heavy (non-hydrogen) atoms. The standard InChI is InChI=1S/C5H7NO2S/c6-3-9-2-5-1-7-4-8-5/h5H,1-2,4H2. The molecule has 1 aliphatic heterocycles. The molecule has 3 nitrogen and oxygen atoms in total. The minimum absolute atomic E-state index is 0.134. The van der Waals surface area contributed by atoms with E-state index in [0.29, 0.717) is 13.4 Å². The van der Waals surface area contributed by atoms with Crippen molar-refractivity contribution in [1.29, 1.82) is 5.26 Å². The molecule has 0 saturated carbocycles. The molecule has 1 atom stereocenters. The highest BCUT2D eigenvalue weighted by molar-refractivity contribution is 8.03. The molecule has 1 aliphatic rings. The Labute approximate surface area is 57.9 Å². The molecule has 50 valence electrons. The van der Waals surface area contributed by atoms with Gasteiger partial charge >= 0.3 is 0 Å². The summed E-state index contributed by atoms with van der Waals surface area (Å²) in [6, 6.07) is 0. The Hall–Kier alpha value is -0.240. The fourth-order valence-electron chi connectivity index (χ4n) is 0.598. The Kier molecular flexibility index (Phi) is 2.84. The average molecular weight is 145 g/mol. The molecule has 0 radical (unpaired) electrons. The zero-order chi connectivity index (χ0) is 6.53. The van der Waals surface area contributed by atoms with Gasteiger partial charge in [-0.3, -0.25) is 0 Å². The Balaban J connectivity index is 2.06. The summed E-state index contributed by atoms with van der Waals surface area (Å²) in [6.45, 7) is 1.02. The van der Waals surface area contributed by atoms with E-state index in [9.17, 15) is 0 Å². The van der Waals surface area contributed by atoms with Gasteiger partial charge in [-0.15, -0.1) is 0 Å². The van der Waals surface area contributed by atoms with E-state index in [1.807, 2.05) is 5.40 Å². The van der Waals surface area contributed by atoms with Crippen LogP contribution in [-0.2, 0) is 9.47 Å². The first-order valence-corrected chi connectivity index (χ1v) is 3.62. The topological polar surface area (TPSA) is 42.2 Å². The fourth-order valence-corrected chi connectivity index (χ4v) is 1.05. The van der Waals surface area contributed by atoms with Gasteiger partial charge in [0.15, 0.2) is 0 Å². The maximum absolute atomic E-state index is 8.14. The van der Waals surface area contributed by atoms with Gasteiger partial charge in [-0.1, -0.05) is 0 Å². The van der Waals surface area contributed by atoms with Crippen molar-refractivity contribution < 1.29 is 9.47 Å². The summed E-state index contributed by atoms with van der Waals surface area (Å²) in [5, 5.41) is 10.1. The minimum Gasteiger partial charge on any atom is -0.353 e. The van der Waals surface area contributed by atoms with Crippen LogP contribution in [0.15, 0.2) is 0 Å². The van der Waals surface area contributed by atoms with Crippen LogP contribution < -0.4 is 0 Å². The number of thioether (sulfide) groups is 1. The fraction of sp³-hybridized carbons (Fsp3) is 0.800. The molecular weight excluding hydrogens is 138 g/mol. The van der Waals surface area contributed by atoms with Gasteiger partial charge in [-0.25, -0.2) is 0 Å². The monoisotopic (exact) mass is 145 g/mol. The van der Waals surface area contributed by atoms with E-state index in [1.54, 1.807) is 0 Å². The molecule has 0 amide bonds. The highest BCUT2D eigenvalue weighted by Gasteiger charge is 2.15. The van der Waals surface area contributed by atoms with E-state index in [4.69, 9.17) is 14.7 Å². The largest absolute Gasteiger partial charge is 0.353 e. The number of nitriles is 1. The summed E-state index contributed by atoms with van der Waals surface area (Å²) in [5.74, 6) is 0.719. The zero-order valence-electron chi connectivity index (χ0n) is 4.87. The lowest BCUT2D eigenvalue weighted by atomic mass is 10.4. The number of hydrogen-bond donors (Lipinski definition) is 0. The summed E-state index contributed by atoms with van der Waals surface area (Å²) in [5.41, 5.74) is 0. The Morgan fingerprint density at radius 3 is 3.22 bits per heavy atom. The molecule has 0 aromatic carbocycles. The van der Waals surface area contributed by atoms with Crippen LogP contribution >= 0.6 is 11.8 Å². The number of rotatable bonds is 2. The van der Waals surface area contributed by atoms with Crippen LogP contribution in [0.2, 0.25) is 0 Å². The van der Waals surface area contributed by atoms with Crippen LogP contribution in [-0.4, -0.2) is 25.3 Å². The second kappa shape index (κ2) is 3.72. The van der Waals surface area contributed by atoms with Crippen molar-refractivity contribution in [3.8, 4) is 5.40 Å². The summed E-state index contributed by atoms with van der Waals surface area (Å²) in [4.78, 5) is 0. The first-order valence-electron chi connectivity index (χ1n) is 2.63. The molecule has 1 saturated heterocycles. The van der Waals surface area contributed by atoms with Crippen LogP contribution in [0.5, 0.6) is 0 Å². The number of ether oxygens (including phenoxy) is 2. The van der Waals surface area contributed by atoms with E-state index in [2.05, 4.69) is 0 Å². The Morgan fingerprint density at radius 1 is 1.78 bits per heavy atom. The van der Waals surface area contributed by atoms with Crippen LogP contribution in [0, 0.1) is 10.7 Å². The van der Waals surface area contributed by atoms with Gasteiger partial charge < -0.3 is 9.47 Å². The van der Waals surface area contributed by atoms with Gasteiger partial charge in [0, 0.05) is 5.75 Å². The zero-order valence-corrected chi connectivity index (χ0v) is 5.69. The lowest BCUT2D eigenvalue weighted by Crippen LogP contribution is -2.11. The lowest BCUT2D eigenvalue weighted by Gasteiger charge is -2.00. The van der Waals surface area contributed by atoms with Gasteiger partial charge in [0.05, 0.1) is 12.7 Å². The predicted molar refractivity (Wildman–Crippen MR) is 33.8 cm³/mol. The normalized spacial score (nSPS) is 25.9. The summed E-state index contributed by atoms with van der Waals surface area (Å²) < 4.78 is 9.97. The van der Waals surface area contributed by atoms with Gasteiger partial charge in [0.1, 0.15) is 12.2 Å². The molecule has 1 heterocycles. The molecule has 0 aromatic rings. The van der Waals surface area contributed by atoms with Gasteiger partial charge in [0.2, 0.25) is 0 Å². The predicted octanol–water partition coefficient (Wildman–Crippen LogP) is 0.574. The van der Waals surface area contributed by atoms with E-state index in [-0.39, 0.29) is 6.10 Å². The first-order chi connectivity index (χ1) is 4.43. The summed E-state index contributed by atoms with van der Waals surface area (Å²) >= 11 is 1.21. The Morgan fingerprint density at radius 2 is 2.67 bits per heavy atom. The third-order valence-electron chi connectivity index (χ3n) is 1.02. The maximum Gasteiger partial charge on any atom is 0.147 e.